The Balaban J connectivity index is 1.04. The number of anilines is 2. The Bertz CT molecular complexity index is 1580. The number of benzene rings is 1. The normalized spacial score (nSPS) is 22.7. The van der Waals surface area contributed by atoms with Crippen molar-refractivity contribution in [3.63, 3.8) is 0 Å². The summed E-state index contributed by atoms with van der Waals surface area (Å²) < 4.78 is 5.41. The Kier molecular flexibility index (Phi) is 9.13. The van der Waals surface area contributed by atoms with E-state index in [4.69, 9.17) is 26.6 Å². The molecule has 3 saturated heterocycles. The summed E-state index contributed by atoms with van der Waals surface area (Å²) in [5, 5.41) is 8.68. The molecule has 0 aliphatic carbocycles. The van der Waals surface area contributed by atoms with Crippen LogP contribution in [-0.2, 0) is 14.3 Å². The van der Waals surface area contributed by atoms with Gasteiger partial charge in [-0.1, -0.05) is 30.3 Å². The Morgan fingerprint density at radius 1 is 1.07 bits per heavy atom. The van der Waals surface area contributed by atoms with E-state index in [1.807, 2.05) is 34.1 Å². The molecule has 46 heavy (non-hydrogen) atoms. The summed E-state index contributed by atoms with van der Waals surface area (Å²) in [5.74, 6) is 1.30. The average molecular weight is 627 g/mol. The van der Waals surface area contributed by atoms with E-state index in [1.165, 1.54) is 11.9 Å². The lowest BCUT2D eigenvalue weighted by Gasteiger charge is -2.29. The van der Waals surface area contributed by atoms with Gasteiger partial charge in [0.1, 0.15) is 29.5 Å². The lowest BCUT2D eigenvalue weighted by atomic mass is 9.85. The van der Waals surface area contributed by atoms with Gasteiger partial charge in [-0.05, 0) is 49.1 Å². The number of likely N-dealkylation sites (tertiary alicyclic amines) is 1. The molecule has 1 atom stereocenters. The van der Waals surface area contributed by atoms with Crippen molar-refractivity contribution >= 4 is 46.9 Å². The van der Waals surface area contributed by atoms with Gasteiger partial charge in [0.2, 0.25) is 11.8 Å². The van der Waals surface area contributed by atoms with E-state index in [-0.39, 0.29) is 17.6 Å². The molecular weight excluding hydrogens is 584 g/mol. The topological polar surface area (TPSA) is 170 Å². The number of nitrogens with zero attached hydrogens (tertiary/aromatic N) is 7. The van der Waals surface area contributed by atoms with Gasteiger partial charge in [0.15, 0.2) is 0 Å². The number of hydrogen-bond donors (Lipinski definition) is 3. The summed E-state index contributed by atoms with van der Waals surface area (Å²) in [4.78, 5) is 47.4. The number of ether oxygens (including phenoxy) is 1. The highest BCUT2D eigenvalue weighted by atomic mass is 16.5. The first-order chi connectivity index (χ1) is 22.3. The van der Waals surface area contributed by atoms with Gasteiger partial charge < -0.3 is 26.0 Å². The maximum absolute atomic E-state index is 13.8. The van der Waals surface area contributed by atoms with Crippen molar-refractivity contribution in [1.29, 1.82) is 5.41 Å². The first kappa shape index (κ1) is 31.4. The third-order valence-corrected chi connectivity index (χ3v) is 9.47. The molecule has 242 valence electrons. The van der Waals surface area contributed by atoms with Crippen molar-refractivity contribution in [1.82, 2.24) is 19.7 Å². The molecule has 5 N–H and O–H groups in total. The standard InChI is InChI=1S/C33H42N10O3/c1-37-22-38-30(35)25-4-2-23(3-5-25)24-8-12-41(13-9-24)28(44)20-40-14-10-33(21-40)11-15-43(32(33)45)27-7-6-26(34)29(39-27)31(36)42-16-18-46-19-17-42/h2-8,22,36H,9-21,34H2,1H3,(H2,35,37,38)/t33-/m0/s1. The summed E-state index contributed by atoms with van der Waals surface area (Å²) in [6.45, 7) is 5.64. The number of nitrogens with two attached hydrogens (primary N) is 2. The molecule has 2 amide bonds. The maximum atomic E-state index is 13.8. The molecule has 1 spiro atoms. The fourth-order valence-corrected chi connectivity index (χ4v) is 6.75. The third-order valence-electron chi connectivity index (χ3n) is 9.47. The number of nitrogens with one attached hydrogen (secondary N) is 1. The number of pyridine rings is 1. The molecule has 3 fully saturated rings. The molecule has 0 bridgehead atoms. The zero-order valence-corrected chi connectivity index (χ0v) is 26.3. The molecule has 4 aliphatic rings. The van der Waals surface area contributed by atoms with Crippen LogP contribution in [0.5, 0.6) is 0 Å². The van der Waals surface area contributed by atoms with Crippen LogP contribution in [0.4, 0.5) is 11.5 Å². The molecule has 1 aromatic carbocycles. The summed E-state index contributed by atoms with van der Waals surface area (Å²) in [7, 11) is 1.65. The van der Waals surface area contributed by atoms with Gasteiger partial charge in [0.05, 0.1) is 30.9 Å². The minimum absolute atomic E-state index is 0.0339. The lowest BCUT2D eigenvalue weighted by Crippen LogP contribution is -2.43. The van der Waals surface area contributed by atoms with Crippen LogP contribution < -0.4 is 16.4 Å². The van der Waals surface area contributed by atoms with Crippen LogP contribution in [0.2, 0.25) is 0 Å². The number of carbonyl (C=O) groups excluding carboxylic acids is 2. The fourth-order valence-electron chi connectivity index (χ4n) is 6.75. The van der Waals surface area contributed by atoms with Gasteiger partial charge in [-0.15, -0.1) is 0 Å². The SMILES string of the molecule is CN=CN=C(N)c1ccc(C2=CCN(C(=O)CN3CC[C@]4(CCN(c5ccc(N)c(C(=N)N6CCOCC6)n5)C4=O)C3)CC2)cc1. The summed E-state index contributed by atoms with van der Waals surface area (Å²) >= 11 is 0. The molecular formula is C33H42N10O3. The maximum Gasteiger partial charge on any atom is 0.237 e. The second kappa shape index (κ2) is 13.4. The number of aromatic nitrogens is 1. The Morgan fingerprint density at radius 2 is 1.83 bits per heavy atom. The number of amides is 2. The third kappa shape index (κ3) is 6.38. The minimum atomic E-state index is -0.528. The number of morpholine rings is 1. The zero-order valence-electron chi connectivity index (χ0n) is 26.3. The van der Waals surface area contributed by atoms with E-state index < -0.39 is 5.41 Å². The van der Waals surface area contributed by atoms with Crippen LogP contribution >= 0.6 is 0 Å². The monoisotopic (exact) mass is 626 g/mol. The highest BCUT2D eigenvalue weighted by Crippen LogP contribution is 2.42. The van der Waals surface area contributed by atoms with Gasteiger partial charge in [0, 0.05) is 51.9 Å². The van der Waals surface area contributed by atoms with Crippen LogP contribution in [0.3, 0.4) is 0 Å². The van der Waals surface area contributed by atoms with Gasteiger partial charge in [-0.25, -0.2) is 9.98 Å². The molecule has 13 heteroatoms. The first-order valence-electron chi connectivity index (χ1n) is 15.8. The van der Waals surface area contributed by atoms with E-state index in [0.29, 0.717) is 101 Å². The molecule has 0 radical (unpaired) electrons. The number of hydrogen-bond acceptors (Lipinski definition) is 8. The molecule has 2 aromatic rings. The van der Waals surface area contributed by atoms with E-state index in [0.717, 1.165) is 17.5 Å². The van der Waals surface area contributed by atoms with Crippen molar-refractivity contribution in [2.45, 2.75) is 19.3 Å². The second-order valence-electron chi connectivity index (χ2n) is 12.3. The first-order valence-corrected chi connectivity index (χ1v) is 15.8. The van der Waals surface area contributed by atoms with Crippen molar-refractivity contribution in [2.75, 3.05) is 83.3 Å². The summed E-state index contributed by atoms with van der Waals surface area (Å²) in [6, 6.07) is 11.5. The molecule has 13 nitrogen and oxygen atoms in total. The molecule has 6 rings (SSSR count). The van der Waals surface area contributed by atoms with Gasteiger partial charge in [0.25, 0.3) is 0 Å². The predicted octanol–water partition coefficient (Wildman–Crippen LogP) is 1.43. The Hall–Kier alpha value is -4.62. The molecule has 0 unspecified atom stereocenters. The lowest BCUT2D eigenvalue weighted by molar-refractivity contribution is -0.132. The number of carbonyl (C=O) groups is 2. The molecule has 0 saturated carbocycles. The number of aliphatic imine (C=N–C) groups is 2. The minimum Gasteiger partial charge on any atom is -0.397 e. The van der Waals surface area contributed by atoms with Crippen molar-refractivity contribution < 1.29 is 14.3 Å². The van der Waals surface area contributed by atoms with Crippen molar-refractivity contribution in [3.05, 3.63) is 59.3 Å². The fraction of sp³-hybridized carbons (Fsp3) is 0.455. The van der Waals surface area contributed by atoms with Crippen LogP contribution in [0.1, 0.15) is 36.1 Å². The van der Waals surface area contributed by atoms with E-state index in [2.05, 4.69) is 21.0 Å². The molecule has 1 aromatic heterocycles. The van der Waals surface area contributed by atoms with Gasteiger partial charge >= 0.3 is 0 Å². The van der Waals surface area contributed by atoms with Crippen LogP contribution in [0.25, 0.3) is 5.57 Å². The van der Waals surface area contributed by atoms with Crippen molar-refractivity contribution in [2.24, 2.45) is 21.1 Å². The van der Waals surface area contributed by atoms with Crippen LogP contribution in [-0.4, -0.2) is 122 Å². The largest absolute Gasteiger partial charge is 0.397 e. The predicted molar refractivity (Wildman–Crippen MR) is 179 cm³/mol. The average Bonchev–Trinajstić information content (AvgIpc) is 3.65. The Morgan fingerprint density at radius 3 is 2.54 bits per heavy atom. The van der Waals surface area contributed by atoms with E-state index in [9.17, 15) is 9.59 Å². The van der Waals surface area contributed by atoms with Gasteiger partial charge in [-0.3, -0.25) is 29.8 Å². The summed E-state index contributed by atoms with van der Waals surface area (Å²) in [5.41, 5.74) is 15.7. The van der Waals surface area contributed by atoms with Crippen LogP contribution in [0, 0.1) is 10.8 Å². The highest BCUT2D eigenvalue weighted by Gasteiger charge is 2.51. The number of nitrogen functional groups attached to an aromatic ring is 1. The molecule has 5 heterocycles. The number of rotatable bonds is 7. The summed E-state index contributed by atoms with van der Waals surface area (Å²) in [6.07, 6.45) is 5.73. The second-order valence-corrected chi connectivity index (χ2v) is 12.3. The van der Waals surface area contributed by atoms with Gasteiger partial charge in [-0.2, -0.15) is 0 Å². The molecule has 4 aliphatic heterocycles. The smallest absolute Gasteiger partial charge is 0.237 e. The van der Waals surface area contributed by atoms with E-state index >= 15 is 0 Å². The zero-order chi connectivity index (χ0) is 32.3. The highest BCUT2D eigenvalue weighted by molar-refractivity contribution is 6.03. The van der Waals surface area contributed by atoms with Crippen molar-refractivity contribution in [3.8, 4) is 0 Å². The van der Waals surface area contributed by atoms with E-state index in [1.54, 1.807) is 24.1 Å². The quantitative estimate of drug-likeness (QED) is 0.306. The Labute approximate surface area is 269 Å². The van der Waals surface area contributed by atoms with Crippen LogP contribution in [0.15, 0.2) is 52.5 Å². The number of amidine groups is 2.